The van der Waals surface area contributed by atoms with E-state index in [1.807, 2.05) is 66.4 Å². The average Bonchev–Trinajstić information content (AvgIpc) is 2.86. The first kappa shape index (κ1) is 25.4. The lowest BCUT2D eigenvalue weighted by molar-refractivity contribution is -0.122. The van der Waals surface area contributed by atoms with E-state index in [9.17, 15) is 4.79 Å². The first-order chi connectivity index (χ1) is 17.0. The van der Waals surface area contributed by atoms with Crippen molar-refractivity contribution in [2.75, 3.05) is 31.2 Å². The largest absolute Gasteiger partial charge is 0.490 e. The molecule has 0 saturated heterocycles. The van der Waals surface area contributed by atoms with Gasteiger partial charge in [0.1, 0.15) is 19.0 Å². The fraction of sp³-hybridized carbons (Fsp3) is 0.321. The second-order valence-corrected chi connectivity index (χ2v) is 9.57. The van der Waals surface area contributed by atoms with Crippen LogP contribution in [0.2, 0.25) is 10.0 Å². The van der Waals surface area contributed by atoms with Gasteiger partial charge in [0.15, 0.2) is 5.75 Å². The summed E-state index contributed by atoms with van der Waals surface area (Å²) in [5.41, 5.74) is 10.3. The lowest BCUT2D eigenvalue weighted by Crippen LogP contribution is -2.42. The number of anilines is 1. The maximum Gasteiger partial charge on any atom is 0.231 e. The van der Waals surface area contributed by atoms with Gasteiger partial charge in [-0.15, -0.1) is 0 Å². The highest BCUT2D eigenvalue weighted by Crippen LogP contribution is 2.34. The van der Waals surface area contributed by atoms with Crippen LogP contribution in [0, 0.1) is 12.8 Å². The molecule has 1 amide bonds. The minimum Gasteiger partial charge on any atom is -0.490 e. The summed E-state index contributed by atoms with van der Waals surface area (Å²) < 4.78 is 11.5. The summed E-state index contributed by atoms with van der Waals surface area (Å²) in [5, 5.41) is 0.966. The third-order valence-electron chi connectivity index (χ3n) is 6.16. The van der Waals surface area contributed by atoms with E-state index >= 15 is 0 Å². The van der Waals surface area contributed by atoms with Crippen LogP contribution in [0.15, 0.2) is 60.7 Å². The third-order valence-corrected chi connectivity index (χ3v) is 6.72. The Kier molecular flexibility index (Phi) is 8.55. The molecule has 0 spiro atoms. The van der Waals surface area contributed by atoms with E-state index in [0.29, 0.717) is 42.0 Å². The molecular formula is C28H30Cl2N2O3. The molecule has 1 aliphatic heterocycles. The molecule has 0 radical (unpaired) electrons. The number of fused-ring (bicyclic) bond motifs is 1. The van der Waals surface area contributed by atoms with Crippen LogP contribution in [0.3, 0.4) is 0 Å². The summed E-state index contributed by atoms with van der Waals surface area (Å²) >= 11 is 12.4. The standard InChI is InChI=1S/C28H30Cl2N2O3/c1-19-15-24(29)27(25(30)16-19)35-14-13-34-23-10-8-20(9-11-23)17-22(18-31)28(33)32-12-4-6-21-5-2-3-7-26(21)32/h2-3,5,7-11,15-16,22H,4,6,12-14,17-18,31H2,1H3. The highest BCUT2D eigenvalue weighted by Gasteiger charge is 2.28. The predicted molar refractivity (Wildman–Crippen MR) is 142 cm³/mol. The van der Waals surface area contributed by atoms with E-state index in [0.717, 1.165) is 42.0 Å². The van der Waals surface area contributed by atoms with Crippen LogP contribution in [-0.4, -0.2) is 32.2 Å². The van der Waals surface area contributed by atoms with Crippen LogP contribution >= 0.6 is 23.2 Å². The van der Waals surface area contributed by atoms with Crippen LogP contribution in [0.1, 0.15) is 23.1 Å². The molecule has 0 saturated carbocycles. The number of nitrogens with zero attached hydrogens (tertiary/aromatic N) is 1. The van der Waals surface area contributed by atoms with Gasteiger partial charge in [-0.05, 0) is 73.2 Å². The van der Waals surface area contributed by atoms with Gasteiger partial charge in [-0.2, -0.15) is 0 Å². The van der Waals surface area contributed by atoms with Crippen molar-refractivity contribution in [1.82, 2.24) is 0 Å². The molecule has 2 N–H and O–H groups in total. The Morgan fingerprint density at radius 1 is 1.03 bits per heavy atom. The number of ether oxygens (including phenoxy) is 2. The predicted octanol–water partition coefficient (Wildman–Crippen LogP) is 5.86. The van der Waals surface area contributed by atoms with Gasteiger partial charge < -0.3 is 20.1 Å². The van der Waals surface area contributed by atoms with Gasteiger partial charge >= 0.3 is 0 Å². The monoisotopic (exact) mass is 512 g/mol. The van der Waals surface area contributed by atoms with Crippen molar-refractivity contribution < 1.29 is 14.3 Å². The molecule has 3 aromatic carbocycles. The molecule has 0 fully saturated rings. The van der Waals surface area contributed by atoms with Crippen LogP contribution in [0.25, 0.3) is 0 Å². The number of hydrogen-bond donors (Lipinski definition) is 1. The molecule has 7 heteroatoms. The van der Waals surface area contributed by atoms with Gasteiger partial charge in [-0.3, -0.25) is 4.79 Å². The number of carbonyl (C=O) groups is 1. The number of para-hydroxylation sites is 1. The molecule has 1 aliphatic rings. The molecule has 0 aromatic heterocycles. The lowest BCUT2D eigenvalue weighted by Gasteiger charge is -2.32. The summed E-state index contributed by atoms with van der Waals surface area (Å²) in [6, 6.07) is 19.5. The average molecular weight is 513 g/mol. The Morgan fingerprint density at radius 2 is 1.71 bits per heavy atom. The van der Waals surface area contributed by atoms with Gasteiger partial charge in [0.25, 0.3) is 0 Å². The quantitative estimate of drug-likeness (QED) is 0.365. The van der Waals surface area contributed by atoms with Crippen molar-refractivity contribution in [2.24, 2.45) is 11.7 Å². The fourth-order valence-electron chi connectivity index (χ4n) is 4.39. The molecule has 4 rings (SSSR count). The summed E-state index contributed by atoms with van der Waals surface area (Å²) in [4.78, 5) is 15.2. The minimum atomic E-state index is -0.273. The van der Waals surface area contributed by atoms with E-state index < -0.39 is 0 Å². The number of hydrogen-bond acceptors (Lipinski definition) is 4. The summed E-state index contributed by atoms with van der Waals surface area (Å²) in [7, 11) is 0. The normalized spacial score (nSPS) is 13.8. The maximum absolute atomic E-state index is 13.3. The number of halogens is 2. The smallest absolute Gasteiger partial charge is 0.231 e. The summed E-state index contributed by atoms with van der Waals surface area (Å²) in [5.74, 6) is 1.00. The van der Waals surface area contributed by atoms with Crippen LogP contribution in [-0.2, 0) is 17.6 Å². The first-order valence-electron chi connectivity index (χ1n) is 11.9. The number of nitrogens with two attached hydrogens (primary N) is 1. The van der Waals surface area contributed by atoms with E-state index in [2.05, 4.69) is 6.07 Å². The van der Waals surface area contributed by atoms with E-state index in [-0.39, 0.29) is 11.8 Å². The van der Waals surface area contributed by atoms with Crippen molar-refractivity contribution in [3.63, 3.8) is 0 Å². The van der Waals surface area contributed by atoms with Gasteiger partial charge in [-0.1, -0.05) is 53.5 Å². The minimum absolute atomic E-state index is 0.0885. The van der Waals surface area contributed by atoms with Crippen LogP contribution in [0.5, 0.6) is 11.5 Å². The summed E-state index contributed by atoms with van der Waals surface area (Å²) in [6.07, 6.45) is 2.56. The molecule has 0 aliphatic carbocycles. The molecule has 1 unspecified atom stereocenters. The zero-order chi connectivity index (χ0) is 24.8. The van der Waals surface area contributed by atoms with Gasteiger partial charge in [-0.25, -0.2) is 0 Å². The van der Waals surface area contributed by atoms with E-state index in [1.54, 1.807) is 0 Å². The highest BCUT2D eigenvalue weighted by molar-refractivity contribution is 6.37. The SMILES string of the molecule is Cc1cc(Cl)c(OCCOc2ccc(CC(CN)C(=O)N3CCCc4ccccc43)cc2)c(Cl)c1. The molecule has 1 atom stereocenters. The second-order valence-electron chi connectivity index (χ2n) is 8.76. The molecule has 0 bridgehead atoms. The van der Waals surface area contributed by atoms with Gasteiger partial charge in [0.2, 0.25) is 5.91 Å². The van der Waals surface area contributed by atoms with Crippen molar-refractivity contribution in [1.29, 1.82) is 0 Å². The van der Waals surface area contributed by atoms with Crippen LogP contribution < -0.4 is 20.1 Å². The lowest BCUT2D eigenvalue weighted by atomic mass is 9.95. The first-order valence-corrected chi connectivity index (χ1v) is 12.6. The Hall–Kier alpha value is -2.73. The molecule has 5 nitrogen and oxygen atoms in total. The van der Waals surface area contributed by atoms with Crippen LogP contribution in [0.4, 0.5) is 5.69 Å². The third kappa shape index (κ3) is 6.29. The number of carbonyl (C=O) groups excluding carboxylic acids is 1. The van der Waals surface area contributed by atoms with Crippen molar-refractivity contribution >= 4 is 34.8 Å². The molecule has 1 heterocycles. The number of amides is 1. The van der Waals surface area contributed by atoms with Gasteiger partial charge in [0, 0.05) is 18.8 Å². The van der Waals surface area contributed by atoms with Crippen molar-refractivity contribution in [3.8, 4) is 11.5 Å². The Labute approximate surface area is 216 Å². The Morgan fingerprint density at radius 3 is 2.43 bits per heavy atom. The van der Waals surface area contributed by atoms with Gasteiger partial charge in [0.05, 0.1) is 16.0 Å². The molecule has 35 heavy (non-hydrogen) atoms. The maximum atomic E-state index is 13.3. The summed E-state index contributed by atoms with van der Waals surface area (Å²) in [6.45, 7) is 3.62. The second kappa shape index (κ2) is 11.8. The highest BCUT2D eigenvalue weighted by atomic mass is 35.5. The van der Waals surface area contributed by atoms with Crippen molar-refractivity contribution in [3.05, 3.63) is 87.4 Å². The number of rotatable bonds is 9. The Bertz CT molecular complexity index is 1140. The van der Waals surface area contributed by atoms with E-state index in [4.69, 9.17) is 38.4 Å². The molecule has 3 aromatic rings. The fourth-order valence-corrected chi connectivity index (χ4v) is 5.09. The number of aryl methyl sites for hydroxylation is 2. The van der Waals surface area contributed by atoms with E-state index in [1.165, 1.54) is 5.56 Å². The zero-order valence-electron chi connectivity index (χ0n) is 19.8. The van der Waals surface area contributed by atoms with Crippen molar-refractivity contribution in [2.45, 2.75) is 26.2 Å². The Balaban J connectivity index is 1.30. The molecule has 184 valence electrons. The topological polar surface area (TPSA) is 64.8 Å². The zero-order valence-corrected chi connectivity index (χ0v) is 21.3. The molecular weight excluding hydrogens is 483 g/mol. The number of benzene rings is 3.